The summed E-state index contributed by atoms with van der Waals surface area (Å²) in [5.41, 5.74) is -3.21. The first-order valence-corrected chi connectivity index (χ1v) is 9.23. The van der Waals surface area contributed by atoms with Crippen molar-refractivity contribution in [1.82, 2.24) is 25.0 Å². The summed E-state index contributed by atoms with van der Waals surface area (Å²) in [4.78, 5) is 20.1. The van der Waals surface area contributed by atoms with Gasteiger partial charge in [0, 0.05) is 12.7 Å². The second kappa shape index (κ2) is 9.75. The number of nitriles is 1. The number of rotatable bonds is 6. The molecule has 0 saturated heterocycles. The van der Waals surface area contributed by atoms with Gasteiger partial charge < -0.3 is 9.47 Å². The van der Waals surface area contributed by atoms with Crippen LogP contribution in [0.25, 0.3) is 5.82 Å². The first kappa shape index (κ1) is 24.5. The first-order valence-electron chi connectivity index (χ1n) is 9.23. The molecule has 0 aliphatic heterocycles. The molecule has 0 bridgehead atoms. The van der Waals surface area contributed by atoms with E-state index in [2.05, 4.69) is 25.5 Å². The Morgan fingerprint density at radius 2 is 1.88 bits per heavy atom. The summed E-state index contributed by atoms with van der Waals surface area (Å²) >= 11 is 0. The second-order valence-corrected chi connectivity index (χ2v) is 6.51. The van der Waals surface area contributed by atoms with Crippen molar-refractivity contribution in [1.29, 1.82) is 5.26 Å². The predicted octanol–water partition coefficient (Wildman–Crippen LogP) is 4.20. The quantitative estimate of drug-likeness (QED) is 0.517. The molecule has 1 N–H and O–H groups in total. The average molecular weight is 483 g/mol. The summed E-state index contributed by atoms with van der Waals surface area (Å²) in [5, 5.41) is 18.6. The van der Waals surface area contributed by atoms with Gasteiger partial charge in [-0.1, -0.05) is 0 Å². The van der Waals surface area contributed by atoms with Crippen molar-refractivity contribution in [3.05, 3.63) is 53.2 Å². The number of hydrogen-bond acceptors (Lipinski definition) is 8. The third-order valence-corrected chi connectivity index (χ3v) is 4.42. The lowest BCUT2D eigenvalue weighted by molar-refractivity contribution is -0.137. The van der Waals surface area contributed by atoms with Gasteiger partial charge in [0.05, 0.1) is 42.1 Å². The van der Waals surface area contributed by atoms with Crippen LogP contribution >= 0.6 is 0 Å². The average Bonchev–Trinajstić information content (AvgIpc) is 3.32. The predicted molar refractivity (Wildman–Crippen MR) is 103 cm³/mol. The molecule has 0 aromatic carbocycles. The third-order valence-electron chi connectivity index (χ3n) is 4.42. The van der Waals surface area contributed by atoms with Crippen molar-refractivity contribution in [3.8, 4) is 17.6 Å². The van der Waals surface area contributed by atoms with E-state index in [1.165, 1.54) is 14.0 Å². The van der Waals surface area contributed by atoms with E-state index in [0.717, 1.165) is 24.8 Å². The van der Waals surface area contributed by atoms with Crippen LogP contribution in [-0.4, -0.2) is 38.2 Å². The number of methoxy groups -OCH3 is 1. The van der Waals surface area contributed by atoms with Gasteiger partial charge in [-0.05, 0) is 13.0 Å². The molecular formula is C19H14F5N7O3. The molecule has 1 atom stereocenters. The maximum Gasteiger partial charge on any atom is 0.420 e. The maximum atomic E-state index is 13.5. The Balaban J connectivity index is 1.93. The van der Waals surface area contributed by atoms with Crippen molar-refractivity contribution < 1.29 is 36.2 Å². The molecular weight excluding hydrogens is 469 g/mol. The van der Waals surface area contributed by atoms with Crippen LogP contribution in [0.15, 0.2) is 30.9 Å². The van der Waals surface area contributed by atoms with E-state index in [-0.39, 0.29) is 5.56 Å². The summed E-state index contributed by atoms with van der Waals surface area (Å²) in [6, 6.07) is 2.17. The number of nitrogens with one attached hydrogen (secondary N) is 1. The Morgan fingerprint density at radius 1 is 1.21 bits per heavy atom. The van der Waals surface area contributed by atoms with Gasteiger partial charge in [0.1, 0.15) is 17.3 Å². The number of alkyl halides is 5. The minimum absolute atomic E-state index is 0.181. The number of carbonyl (C=O) groups excluding carboxylic acids is 1. The summed E-state index contributed by atoms with van der Waals surface area (Å²) in [6.07, 6.45) is -6.19. The Hall–Kier alpha value is -4.19. The molecule has 0 aliphatic carbocycles. The molecule has 15 heteroatoms. The number of aromatic nitrogens is 5. The Bertz CT molecular complexity index is 1230. The number of anilines is 1. The lowest BCUT2D eigenvalue weighted by atomic mass is 10.0. The molecule has 10 nitrogen and oxygen atoms in total. The topological polar surface area (TPSA) is 128 Å². The van der Waals surface area contributed by atoms with Crippen LogP contribution in [0.1, 0.15) is 41.8 Å². The smallest absolute Gasteiger partial charge is 0.408 e. The second-order valence-electron chi connectivity index (χ2n) is 6.51. The monoisotopic (exact) mass is 483 g/mol. The molecule has 1 amide bonds. The van der Waals surface area contributed by atoms with E-state index in [9.17, 15) is 32.0 Å². The zero-order valence-electron chi connectivity index (χ0n) is 17.3. The summed E-state index contributed by atoms with van der Waals surface area (Å²) < 4.78 is 77.1. The normalized spacial score (nSPS) is 12.3. The van der Waals surface area contributed by atoms with Gasteiger partial charge in [-0.2, -0.15) is 28.6 Å². The summed E-state index contributed by atoms with van der Waals surface area (Å²) in [5.74, 6) is -1.02. The number of carbonyl (C=O) groups is 1. The zero-order valence-corrected chi connectivity index (χ0v) is 17.3. The fourth-order valence-corrected chi connectivity index (χ4v) is 2.87. The van der Waals surface area contributed by atoms with Gasteiger partial charge in [-0.25, -0.2) is 23.5 Å². The van der Waals surface area contributed by atoms with E-state index in [1.54, 1.807) is 6.07 Å². The van der Waals surface area contributed by atoms with Crippen LogP contribution < -0.4 is 10.1 Å². The Kier molecular flexibility index (Phi) is 7.01. The number of amides is 1. The highest BCUT2D eigenvalue weighted by Gasteiger charge is 2.36. The molecule has 0 radical (unpaired) electrons. The Morgan fingerprint density at radius 3 is 2.44 bits per heavy atom. The van der Waals surface area contributed by atoms with Crippen molar-refractivity contribution in [2.24, 2.45) is 0 Å². The number of halogens is 5. The molecule has 0 spiro atoms. The molecule has 3 aromatic rings. The van der Waals surface area contributed by atoms with Gasteiger partial charge in [-0.15, -0.1) is 4.80 Å². The Labute approximate surface area is 187 Å². The largest absolute Gasteiger partial charge is 0.420 e. The van der Waals surface area contributed by atoms with Crippen LogP contribution in [0.3, 0.4) is 0 Å². The number of pyridine rings is 2. The van der Waals surface area contributed by atoms with Gasteiger partial charge in [0.2, 0.25) is 0 Å². The highest BCUT2D eigenvalue weighted by molar-refractivity contribution is 5.86. The van der Waals surface area contributed by atoms with Crippen molar-refractivity contribution in [2.75, 3.05) is 12.4 Å². The van der Waals surface area contributed by atoms with Crippen LogP contribution in [0.4, 0.5) is 32.4 Å². The van der Waals surface area contributed by atoms with Crippen molar-refractivity contribution in [2.45, 2.75) is 25.6 Å². The fraction of sp³-hybridized carbons (Fsp3) is 0.263. The molecule has 0 aliphatic rings. The van der Waals surface area contributed by atoms with E-state index < -0.39 is 58.9 Å². The van der Waals surface area contributed by atoms with Crippen LogP contribution in [-0.2, 0) is 10.9 Å². The summed E-state index contributed by atoms with van der Waals surface area (Å²) in [7, 11) is 1.23. The van der Waals surface area contributed by atoms with Gasteiger partial charge in [0.25, 0.3) is 6.43 Å². The van der Waals surface area contributed by atoms with E-state index >= 15 is 0 Å². The van der Waals surface area contributed by atoms with Gasteiger partial charge >= 0.3 is 12.3 Å². The van der Waals surface area contributed by atoms with E-state index in [1.807, 2.05) is 0 Å². The molecule has 3 rings (SSSR count). The van der Waals surface area contributed by atoms with Crippen LogP contribution in [0.2, 0.25) is 0 Å². The molecule has 178 valence electrons. The third kappa shape index (κ3) is 5.07. The minimum atomic E-state index is -4.87. The van der Waals surface area contributed by atoms with Gasteiger partial charge in [0.15, 0.2) is 11.6 Å². The lowest BCUT2D eigenvalue weighted by Crippen LogP contribution is -2.21. The van der Waals surface area contributed by atoms with Crippen LogP contribution in [0.5, 0.6) is 5.75 Å². The maximum absolute atomic E-state index is 13.5. The zero-order chi connectivity index (χ0) is 25.0. The highest BCUT2D eigenvalue weighted by atomic mass is 19.4. The number of nitrogens with zero attached hydrogens (tertiary/aromatic N) is 6. The molecule has 1 unspecified atom stereocenters. The van der Waals surface area contributed by atoms with Crippen LogP contribution in [0, 0.1) is 11.3 Å². The molecule has 3 heterocycles. The first-order chi connectivity index (χ1) is 16.1. The van der Waals surface area contributed by atoms with Gasteiger partial charge in [-0.3, -0.25) is 5.32 Å². The lowest BCUT2D eigenvalue weighted by Gasteiger charge is -2.18. The minimum Gasteiger partial charge on any atom is -0.408 e. The standard InChI is InChI=1S/C19H14F5N7O3/c1-9(33-2)14-11(6-25)15(16(20)21)26-8-13(14)34-18(32)30-10-5-12(19(22,23)24)17(27-7-10)31-28-3-4-29-31/h3-5,7-9,16H,1-2H3,(H,30,32). The molecule has 0 saturated carbocycles. The van der Waals surface area contributed by atoms with Crippen molar-refractivity contribution in [3.63, 3.8) is 0 Å². The summed E-state index contributed by atoms with van der Waals surface area (Å²) in [6.45, 7) is 1.41. The van der Waals surface area contributed by atoms with E-state index in [4.69, 9.17) is 9.47 Å². The van der Waals surface area contributed by atoms with E-state index in [0.29, 0.717) is 10.9 Å². The molecule has 3 aromatic heterocycles. The fourth-order valence-electron chi connectivity index (χ4n) is 2.87. The molecule has 0 fully saturated rings. The SMILES string of the molecule is COC(C)c1c(OC(=O)Nc2cnc(-n3nccn3)c(C(F)(F)F)c2)cnc(C(F)F)c1C#N. The number of hydrogen-bond donors (Lipinski definition) is 1. The van der Waals surface area contributed by atoms with Crippen molar-refractivity contribution >= 4 is 11.8 Å². The highest BCUT2D eigenvalue weighted by Crippen LogP contribution is 2.36. The number of ether oxygens (including phenoxy) is 2. The molecule has 34 heavy (non-hydrogen) atoms.